The molecule has 0 saturated carbocycles. The third-order valence-corrected chi connectivity index (χ3v) is 5.93. The molecule has 2 heterocycles. The average Bonchev–Trinajstić information content (AvgIpc) is 3.28. The highest BCUT2D eigenvalue weighted by Crippen LogP contribution is 2.21. The van der Waals surface area contributed by atoms with Crippen molar-refractivity contribution >= 4 is 35.0 Å². The number of piperazine rings is 1. The first kappa shape index (κ1) is 20.9. The lowest BCUT2D eigenvalue weighted by Gasteiger charge is -2.35. The van der Waals surface area contributed by atoms with Gasteiger partial charge in [-0.2, -0.15) is 0 Å². The highest BCUT2D eigenvalue weighted by atomic mass is 32.2. The first-order chi connectivity index (χ1) is 15.1. The summed E-state index contributed by atoms with van der Waals surface area (Å²) in [6, 6.07) is 17.5. The fraction of sp³-hybridized carbons (Fsp3) is 0.273. The number of nitrogens with one attached hydrogen (secondary N) is 2. The van der Waals surface area contributed by atoms with Gasteiger partial charge in [-0.15, -0.1) is 5.10 Å². The van der Waals surface area contributed by atoms with Crippen LogP contribution in [0.15, 0.2) is 59.8 Å². The van der Waals surface area contributed by atoms with E-state index in [1.165, 1.54) is 11.8 Å². The second-order valence-electron chi connectivity index (χ2n) is 7.21. The predicted octanol–water partition coefficient (Wildman–Crippen LogP) is 2.87. The Hall–Kier alpha value is -3.33. The van der Waals surface area contributed by atoms with Gasteiger partial charge in [0, 0.05) is 50.0 Å². The second kappa shape index (κ2) is 9.65. The van der Waals surface area contributed by atoms with Gasteiger partial charge in [-0.3, -0.25) is 14.7 Å². The number of nitrogens with zero attached hydrogens (tertiary/aromatic N) is 4. The van der Waals surface area contributed by atoms with Crippen LogP contribution in [0.4, 0.5) is 11.4 Å². The zero-order valence-corrected chi connectivity index (χ0v) is 18.1. The van der Waals surface area contributed by atoms with E-state index in [9.17, 15) is 9.59 Å². The van der Waals surface area contributed by atoms with Crippen molar-refractivity contribution in [3.63, 3.8) is 0 Å². The Bertz CT molecular complexity index is 1030. The lowest BCUT2D eigenvalue weighted by Crippen LogP contribution is -2.48. The Morgan fingerprint density at radius 1 is 1.03 bits per heavy atom. The van der Waals surface area contributed by atoms with Gasteiger partial charge in [-0.05, 0) is 24.3 Å². The topological polar surface area (TPSA) is 94.2 Å². The quantitative estimate of drug-likeness (QED) is 0.577. The molecule has 160 valence electrons. The van der Waals surface area contributed by atoms with E-state index < -0.39 is 0 Å². The van der Waals surface area contributed by atoms with E-state index in [0.29, 0.717) is 11.0 Å². The van der Waals surface area contributed by atoms with E-state index >= 15 is 0 Å². The number of H-pyrrole nitrogens is 1. The van der Waals surface area contributed by atoms with Crippen LogP contribution >= 0.6 is 11.8 Å². The number of aromatic nitrogens is 3. The molecule has 4 rings (SSSR count). The zero-order valence-electron chi connectivity index (χ0n) is 17.2. The fourth-order valence-electron chi connectivity index (χ4n) is 3.40. The molecule has 1 aliphatic heterocycles. The number of amides is 2. The van der Waals surface area contributed by atoms with Crippen LogP contribution in [-0.2, 0) is 9.59 Å². The molecule has 1 fully saturated rings. The summed E-state index contributed by atoms with van der Waals surface area (Å²) in [7, 11) is 0. The maximum Gasteiger partial charge on any atom is 0.234 e. The van der Waals surface area contributed by atoms with Crippen molar-refractivity contribution in [3.8, 4) is 11.4 Å². The molecule has 1 aliphatic rings. The molecule has 0 spiro atoms. The molecular weight excluding hydrogens is 412 g/mol. The summed E-state index contributed by atoms with van der Waals surface area (Å²) in [5, 5.41) is 10.5. The summed E-state index contributed by atoms with van der Waals surface area (Å²) in [6.45, 7) is 4.69. The molecular formula is C22H24N6O2S. The second-order valence-corrected chi connectivity index (χ2v) is 8.15. The van der Waals surface area contributed by atoms with Crippen molar-refractivity contribution < 1.29 is 9.59 Å². The molecule has 1 aromatic heterocycles. The molecule has 31 heavy (non-hydrogen) atoms. The van der Waals surface area contributed by atoms with Crippen LogP contribution in [0, 0.1) is 0 Å². The van der Waals surface area contributed by atoms with Gasteiger partial charge in [0.1, 0.15) is 0 Å². The molecule has 2 amide bonds. The number of hydrogen-bond acceptors (Lipinski definition) is 6. The fourth-order valence-corrected chi connectivity index (χ4v) is 4.00. The molecule has 0 unspecified atom stereocenters. The van der Waals surface area contributed by atoms with Crippen molar-refractivity contribution in [1.82, 2.24) is 20.1 Å². The molecule has 0 bridgehead atoms. The van der Waals surface area contributed by atoms with Crippen LogP contribution < -0.4 is 10.2 Å². The van der Waals surface area contributed by atoms with Crippen LogP contribution in [-0.4, -0.2) is 63.8 Å². The smallest absolute Gasteiger partial charge is 0.234 e. The van der Waals surface area contributed by atoms with E-state index in [2.05, 4.69) is 25.4 Å². The molecule has 2 N–H and O–H groups in total. The van der Waals surface area contributed by atoms with E-state index in [0.717, 1.165) is 43.1 Å². The molecule has 0 aliphatic carbocycles. The summed E-state index contributed by atoms with van der Waals surface area (Å²) in [5.41, 5.74) is 2.79. The number of carbonyl (C=O) groups is 2. The summed E-state index contributed by atoms with van der Waals surface area (Å²) in [6.07, 6.45) is 0. The summed E-state index contributed by atoms with van der Waals surface area (Å²) in [4.78, 5) is 32.3. The molecule has 9 heteroatoms. The molecule has 2 aromatic carbocycles. The lowest BCUT2D eigenvalue weighted by atomic mass is 10.2. The summed E-state index contributed by atoms with van der Waals surface area (Å²) in [5.74, 6) is 0.917. The molecule has 8 nitrogen and oxygen atoms in total. The maximum absolute atomic E-state index is 12.3. The highest BCUT2D eigenvalue weighted by molar-refractivity contribution is 7.99. The Balaban J connectivity index is 1.26. The van der Waals surface area contributed by atoms with Crippen molar-refractivity contribution in [2.75, 3.05) is 42.1 Å². The van der Waals surface area contributed by atoms with Gasteiger partial charge in [0.05, 0.1) is 5.75 Å². The van der Waals surface area contributed by atoms with E-state index in [1.54, 1.807) is 6.92 Å². The Morgan fingerprint density at radius 2 is 1.74 bits per heavy atom. The number of thioether (sulfide) groups is 1. The van der Waals surface area contributed by atoms with E-state index in [1.807, 2.05) is 59.5 Å². The van der Waals surface area contributed by atoms with Gasteiger partial charge >= 0.3 is 0 Å². The SMILES string of the molecule is CC(=O)N1CCN(c2ccc(NC(=O)CSc3n[nH]c(-c4ccccc4)n3)cc2)CC1. The van der Waals surface area contributed by atoms with E-state index in [-0.39, 0.29) is 17.6 Å². The molecule has 3 aromatic rings. The first-order valence-corrected chi connectivity index (χ1v) is 11.1. The summed E-state index contributed by atoms with van der Waals surface area (Å²) < 4.78 is 0. The zero-order chi connectivity index (χ0) is 21.6. The minimum absolute atomic E-state index is 0.112. The standard InChI is InChI=1S/C22H24N6O2S/c1-16(29)27-11-13-28(14-12-27)19-9-7-18(8-10-19)23-20(30)15-31-22-24-21(25-26-22)17-5-3-2-4-6-17/h2-10H,11-15H2,1H3,(H,23,30)(H,24,25,26). The highest BCUT2D eigenvalue weighted by Gasteiger charge is 2.18. The van der Waals surface area contributed by atoms with Crippen molar-refractivity contribution in [3.05, 3.63) is 54.6 Å². The third-order valence-electron chi connectivity index (χ3n) is 5.09. The van der Waals surface area contributed by atoms with Gasteiger partial charge in [0.2, 0.25) is 17.0 Å². The number of benzene rings is 2. The van der Waals surface area contributed by atoms with E-state index in [4.69, 9.17) is 0 Å². The minimum atomic E-state index is -0.112. The Labute approximate surface area is 185 Å². The Kier molecular flexibility index (Phi) is 6.51. The predicted molar refractivity (Wildman–Crippen MR) is 122 cm³/mol. The van der Waals surface area contributed by atoms with Crippen LogP contribution in [0.5, 0.6) is 0 Å². The monoisotopic (exact) mass is 436 g/mol. The average molecular weight is 437 g/mol. The van der Waals surface area contributed by atoms with Crippen LogP contribution in [0.2, 0.25) is 0 Å². The van der Waals surface area contributed by atoms with Gasteiger partial charge in [0.15, 0.2) is 5.82 Å². The largest absolute Gasteiger partial charge is 0.368 e. The van der Waals surface area contributed by atoms with Crippen LogP contribution in [0.1, 0.15) is 6.92 Å². The number of rotatable bonds is 6. The lowest BCUT2D eigenvalue weighted by molar-refractivity contribution is -0.129. The summed E-state index contributed by atoms with van der Waals surface area (Å²) >= 11 is 1.29. The van der Waals surface area contributed by atoms with Gasteiger partial charge in [0.25, 0.3) is 0 Å². The molecule has 0 atom stereocenters. The normalized spacial score (nSPS) is 13.8. The number of hydrogen-bond donors (Lipinski definition) is 2. The number of anilines is 2. The van der Waals surface area contributed by atoms with Crippen LogP contribution in [0.3, 0.4) is 0 Å². The van der Waals surface area contributed by atoms with Gasteiger partial charge in [-0.25, -0.2) is 4.98 Å². The molecule has 1 saturated heterocycles. The minimum Gasteiger partial charge on any atom is -0.368 e. The first-order valence-electron chi connectivity index (χ1n) is 10.1. The third kappa shape index (κ3) is 5.43. The van der Waals surface area contributed by atoms with Crippen molar-refractivity contribution in [1.29, 1.82) is 0 Å². The van der Waals surface area contributed by atoms with Gasteiger partial charge < -0.3 is 15.1 Å². The maximum atomic E-state index is 12.3. The van der Waals surface area contributed by atoms with Crippen molar-refractivity contribution in [2.45, 2.75) is 12.1 Å². The molecule has 0 radical (unpaired) electrons. The number of carbonyl (C=O) groups excluding carboxylic acids is 2. The Morgan fingerprint density at radius 3 is 2.42 bits per heavy atom. The van der Waals surface area contributed by atoms with Crippen LogP contribution in [0.25, 0.3) is 11.4 Å². The van der Waals surface area contributed by atoms with Gasteiger partial charge in [-0.1, -0.05) is 42.1 Å². The van der Waals surface area contributed by atoms with Crippen molar-refractivity contribution in [2.24, 2.45) is 0 Å². The number of aromatic amines is 1.